The summed E-state index contributed by atoms with van der Waals surface area (Å²) in [4.78, 5) is 31.8. The van der Waals surface area contributed by atoms with E-state index in [0.717, 1.165) is 24.1 Å². The summed E-state index contributed by atoms with van der Waals surface area (Å²) in [6.07, 6.45) is 2.94. The first-order valence-electron chi connectivity index (χ1n) is 9.35. The van der Waals surface area contributed by atoms with Crippen molar-refractivity contribution in [3.63, 3.8) is 0 Å². The molecule has 6 nitrogen and oxygen atoms in total. The molecule has 142 valence electrons. The summed E-state index contributed by atoms with van der Waals surface area (Å²) in [5.74, 6) is -0.472. The largest absolute Gasteiger partial charge is 0.481 e. The number of carboxylic acids is 1. The van der Waals surface area contributed by atoms with Crippen LogP contribution in [0, 0.1) is 0 Å². The average molecular weight is 376 g/mol. The number of fused-ring (bicyclic) bond motifs is 2. The van der Waals surface area contributed by atoms with Gasteiger partial charge in [0.25, 0.3) is 0 Å². The van der Waals surface area contributed by atoms with Crippen LogP contribution in [0.3, 0.4) is 0 Å². The third-order valence-electron chi connectivity index (χ3n) is 4.81. The summed E-state index contributed by atoms with van der Waals surface area (Å²) < 4.78 is 5.87. The Morgan fingerprint density at radius 2 is 1.82 bits per heavy atom. The smallest absolute Gasteiger partial charge is 0.303 e. The molecular formula is C22H20N2O4. The van der Waals surface area contributed by atoms with Gasteiger partial charge in [0.2, 0.25) is 11.3 Å². The highest BCUT2D eigenvalue weighted by molar-refractivity contribution is 5.84. The average Bonchev–Trinajstić information content (AvgIpc) is 3.11. The summed E-state index contributed by atoms with van der Waals surface area (Å²) in [7, 11) is 0. The number of carboxylic acid groups (broad SMARTS) is 1. The Morgan fingerprint density at radius 1 is 1.04 bits per heavy atom. The lowest BCUT2D eigenvalue weighted by Gasteiger charge is -2.09. The lowest BCUT2D eigenvalue weighted by molar-refractivity contribution is -0.137. The Morgan fingerprint density at radius 3 is 2.64 bits per heavy atom. The van der Waals surface area contributed by atoms with E-state index in [1.807, 2.05) is 42.5 Å². The van der Waals surface area contributed by atoms with Gasteiger partial charge < -0.3 is 14.5 Å². The standard InChI is InChI=1S/C22H20N2O4/c25-19(26)13-3-1-2-11-17-20(21(27)14-8-4-5-9-15(14)23-17)22-24-16-10-6-7-12-18(16)28-22/h4-10,12H,1-3,11,13H2,(H,23,27)(H,25,26). The number of benzene rings is 2. The van der Waals surface area contributed by atoms with Gasteiger partial charge in [0.15, 0.2) is 5.58 Å². The van der Waals surface area contributed by atoms with Gasteiger partial charge in [-0.25, -0.2) is 4.98 Å². The van der Waals surface area contributed by atoms with E-state index in [4.69, 9.17) is 9.52 Å². The Bertz CT molecular complexity index is 1170. The van der Waals surface area contributed by atoms with Crippen molar-refractivity contribution in [1.29, 1.82) is 0 Å². The lowest BCUT2D eigenvalue weighted by Crippen LogP contribution is -2.12. The number of carbonyl (C=O) groups is 1. The van der Waals surface area contributed by atoms with Gasteiger partial charge in [-0.2, -0.15) is 0 Å². The fourth-order valence-electron chi connectivity index (χ4n) is 3.43. The Kier molecular flexibility index (Phi) is 4.93. The number of rotatable bonds is 7. The molecule has 0 saturated carbocycles. The highest BCUT2D eigenvalue weighted by Gasteiger charge is 2.19. The van der Waals surface area contributed by atoms with E-state index in [1.54, 1.807) is 6.07 Å². The minimum Gasteiger partial charge on any atom is -0.481 e. The number of nitrogens with one attached hydrogen (secondary N) is 1. The zero-order valence-electron chi connectivity index (χ0n) is 15.3. The maximum atomic E-state index is 13.2. The summed E-state index contributed by atoms with van der Waals surface area (Å²) in [6.45, 7) is 0. The van der Waals surface area contributed by atoms with Crippen LogP contribution in [-0.4, -0.2) is 21.0 Å². The molecule has 0 unspecified atom stereocenters. The molecule has 0 aliphatic carbocycles. The lowest BCUT2D eigenvalue weighted by atomic mass is 10.0. The van der Waals surface area contributed by atoms with E-state index in [0.29, 0.717) is 40.8 Å². The van der Waals surface area contributed by atoms with Crippen molar-refractivity contribution in [3.05, 3.63) is 64.4 Å². The fourth-order valence-corrected chi connectivity index (χ4v) is 3.43. The molecule has 6 heteroatoms. The fraction of sp³-hybridized carbons (Fsp3) is 0.227. The van der Waals surface area contributed by atoms with E-state index in [1.165, 1.54) is 0 Å². The van der Waals surface area contributed by atoms with Crippen molar-refractivity contribution in [2.75, 3.05) is 0 Å². The van der Waals surface area contributed by atoms with Crippen molar-refractivity contribution in [2.24, 2.45) is 0 Å². The second kappa shape index (κ2) is 7.68. The third-order valence-corrected chi connectivity index (χ3v) is 4.81. The zero-order chi connectivity index (χ0) is 19.5. The van der Waals surface area contributed by atoms with Crippen molar-refractivity contribution in [3.8, 4) is 11.5 Å². The van der Waals surface area contributed by atoms with E-state index >= 15 is 0 Å². The minimum absolute atomic E-state index is 0.110. The molecule has 4 rings (SSSR count). The van der Waals surface area contributed by atoms with Crippen LogP contribution in [0.5, 0.6) is 0 Å². The van der Waals surface area contributed by atoms with Gasteiger partial charge in [-0.05, 0) is 43.5 Å². The number of hydrogen-bond donors (Lipinski definition) is 2. The third kappa shape index (κ3) is 3.53. The quantitative estimate of drug-likeness (QED) is 0.462. The number of aryl methyl sites for hydroxylation is 1. The summed E-state index contributed by atoms with van der Waals surface area (Å²) >= 11 is 0. The second-order valence-corrected chi connectivity index (χ2v) is 6.79. The van der Waals surface area contributed by atoms with Gasteiger partial charge >= 0.3 is 5.97 Å². The Hall–Kier alpha value is -3.41. The van der Waals surface area contributed by atoms with Gasteiger partial charge in [-0.3, -0.25) is 9.59 Å². The molecule has 2 aromatic heterocycles. The summed E-state index contributed by atoms with van der Waals surface area (Å²) in [5.41, 5.74) is 3.22. The molecular weight excluding hydrogens is 356 g/mol. The van der Waals surface area contributed by atoms with E-state index in [2.05, 4.69) is 9.97 Å². The maximum Gasteiger partial charge on any atom is 0.303 e. The van der Waals surface area contributed by atoms with E-state index < -0.39 is 5.97 Å². The predicted octanol–water partition coefficient (Wildman–Crippen LogP) is 4.52. The van der Waals surface area contributed by atoms with Gasteiger partial charge in [-0.1, -0.05) is 30.7 Å². The minimum atomic E-state index is -0.786. The molecule has 0 atom stereocenters. The number of aromatic nitrogens is 2. The van der Waals surface area contributed by atoms with Crippen molar-refractivity contribution in [1.82, 2.24) is 9.97 Å². The molecule has 0 bridgehead atoms. The number of oxazole rings is 1. The van der Waals surface area contributed by atoms with Crippen LogP contribution in [0.2, 0.25) is 0 Å². The first-order chi connectivity index (χ1) is 13.6. The van der Waals surface area contributed by atoms with Crippen LogP contribution in [0.15, 0.2) is 57.7 Å². The second-order valence-electron chi connectivity index (χ2n) is 6.79. The SMILES string of the molecule is O=C(O)CCCCCc1[nH]c2ccccc2c(=O)c1-c1nc2ccccc2o1. The number of hydrogen-bond acceptors (Lipinski definition) is 4. The molecule has 0 radical (unpaired) electrons. The molecule has 0 amide bonds. The number of unbranched alkanes of at least 4 members (excludes halogenated alkanes) is 2. The van der Waals surface area contributed by atoms with Crippen LogP contribution < -0.4 is 5.43 Å². The summed E-state index contributed by atoms with van der Waals surface area (Å²) in [6, 6.07) is 14.8. The molecule has 2 aromatic carbocycles. The predicted molar refractivity (Wildman–Crippen MR) is 107 cm³/mol. The maximum absolute atomic E-state index is 13.2. The molecule has 2 N–H and O–H groups in total. The Balaban J connectivity index is 1.75. The molecule has 28 heavy (non-hydrogen) atoms. The molecule has 0 saturated heterocycles. The van der Waals surface area contributed by atoms with Gasteiger partial charge in [0.05, 0.1) is 0 Å². The van der Waals surface area contributed by atoms with Crippen molar-refractivity contribution in [2.45, 2.75) is 32.1 Å². The number of pyridine rings is 1. The first-order valence-corrected chi connectivity index (χ1v) is 9.35. The molecule has 0 aliphatic rings. The Labute approximate surface area is 160 Å². The van der Waals surface area contributed by atoms with E-state index in [-0.39, 0.29) is 11.8 Å². The van der Waals surface area contributed by atoms with Gasteiger partial charge in [0.1, 0.15) is 11.1 Å². The van der Waals surface area contributed by atoms with Crippen molar-refractivity contribution < 1.29 is 14.3 Å². The van der Waals surface area contributed by atoms with Gasteiger partial charge in [-0.15, -0.1) is 0 Å². The van der Waals surface area contributed by atoms with Crippen LogP contribution in [-0.2, 0) is 11.2 Å². The molecule has 0 aliphatic heterocycles. The zero-order valence-corrected chi connectivity index (χ0v) is 15.3. The van der Waals surface area contributed by atoms with Crippen LogP contribution in [0.1, 0.15) is 31.4 Å². The molecule has 0 fully saturated rings. The van der Waals surface area contributed by atoms with Gasteiger partial charge in [0, 0.05) is 23.0 Å². The number of nitrogens with zero attached hydrogens (tertiary/aromatic N) is 1. The highest BCUT2D eigenvalue weighted by atomic mass is 16.4. The van der Waals surface area contributed by atoms with E-state index in [9.17, 15) is 9.59 Å². The topological polar surface area (TPSA) is 96.2 Å². The van der Waals surface area contributed by atoms with Crippen LogP contribution in [0.4, 0.5) is 0 Å². The number of aliphatic carboxylic acids is 1. The normalized spacial score (nSPS) is 11.3. The summed E-state index contributed by atoms with van der Waals surface area (Å²) in [5, 5.41) is 9.37. The van der Waals surface area contributed by atoms with Crippen LogP contribution in [0.25, 0.3) is 33.5 Å². The molecule has 2 heterocycles. The van der Waals surface area contributed by atoms with Crippen molar-refractivity contribution >= 4 is 28.0 Å². The number of aromatic amines is 1. The highest BCUT2D eigenvalue weighted by Crippen LogP contribution is 2.26. The number of para-hydroxylation sites is 3. The molecule has 4 aromatic rings. The molecule has 0 spiro atoms. The van der Waals surface area contributed by atoms with Crippen LogP contribution >= 0.6 is 0 Å². The first kappa shape index (κ1) is 18.0. The number of H-pyrrole nitrogens is 1. The monoisotopic (exact) mass is 376 g/mol.